The van der Waals surface area contributed by atoms with E-state index < -0.39 is 15.6 Å². The lowest BCUT2D eigenvalue weighted by atomic mass is 10.0. The van der Waals surface area contributed by atoms with Crippen LogP contribution in [0.2, 0.25) is 0 Å². The topological polar surface area (TPSA) is 74.6 Å². The minimum absolute atomic E-state index is 0.137. The maximum atomic E-state index is 10.7. The van der Waals surface area contributed by atoms with Gasteiger partial charge in [0.25, 0.3) is 10.1 Å². The standard InChI is InChI=1S/C24H50O4S/c1-2-3-4-5-6-7-8-9-10-11-12-13-14-15-16-17-18-19-20-21-22-23-24(25)29(26,27)28/h24-25H,2-23H2,1H3,(H,26,27,28). The van der Waals surface area contributed by atoms with Gasteiger partial charge in [-0.25, -0.2) is 0 Å². The fourth-order valence-electron chi connectivity index (χ4n) is 3.90. The molecule has 29 heavy (non-hydrogen) atoms. The highest BCUT2D eigenvalue weighted by Crippen LogP contribution is 2.15. The minimum atomic E-state index is -4.27. The summed E-state index contributed by atoms with van der Waals surface area (Å²) in [5.74, 6) is 0. The van der Waals surface area contributed by atoms with Gasteiger partial charge in [-0.05, 0) is 12.8 Å². The van der Waals surface area contributed by atoms with Crippen LogP contribution in [0.25, 0.3) is 0 Å². The fourth-order valence-corrected chi connectivity index (χ4v) is 4.36. The molecule has 5 heteroatoms. The molecule has 0 aromatic carbocycles. The Labute approximate surface area is 182 Å². The SMILES string of the molecule is CCCCCCCCCCCCCCCCCCCCCCCC(O)S(=O)(=O)O. The van der Waals surface area contributed by atoms with Crippen LogP contribution in [0.1, 0.15) is 148 Å². The molecule has 2 N–H and O–H groups in total. The van der Waals surface area contributed by atoms with E-state index in [1.165, 1.54) is 116 Å². The van der Waals surface area contributed by atoms with Crippen LogP contribution < -0.4 is 0 Å². The summed E-state index contributed by atoms with van der Waals surface area (Å²) in [5.41, 5.74) is -1.61. The highest BCUT2D eigenvalue weighted by Gasteiger charge is 2.18. The Bertz CT molecular complexity index is 423. The highest BCUT2D eigenvalue weighted by molar-refractivity contribution is 7.86. The summed E-state index contributed by atoms with van der Waals surface area (Å²) in [6, 6.07) is 0. The second-order valence-electron chi connectivity index (χ2n) is 8.83. The summed E-state index contributed by atoms with van der Waals surface area (Å²) in [6.45, 7) is 2.28. The van der Waals surface area contributed by atoms with Crippen LogP contribution in [0.5, 0.6) is 0 Å². The second-order valence-corrected chi connectivity index (χ2v) is 10.4. The molecule has 1 atom stereocenters. The van der Waals surface area contributed by atoms with E-state index in [1.807, 2.05) is 0 Å². The van der Waals surface area contributed by atoms with Crippen LogP contribution in [-0.4, -0.2) is 23.5 Å². The molecule has 0 saturated heterocycles. The van der Waals surface area contributed by atoms with E-state index in [-0.39, 0.29) is 6.42 Å². The predicted molar refractivity (Wildman–Crippen MR) is 125 cm³/mol. The van der Waals surface area contributed by atoms with Gasteiger partial charge in [-0.15, -0.1) is 0 Å². The van der Waals surface area contributed by atoms with E-state index in [0.717, 1.165) is 12.8 Å². The zero-order valence-corrected chi connectivity index (χ0v) is 20.1. The first-order valence-electron chi connectivity index (χ1n) is 12.6. The molecule has 0 radical (unpaired) electrons. The van der Waals surface area contributed by atoms with Crippen molar-refractivity contribution in [1.82, 2.24) is 0 Å². The van der Waals surface area contributed by atoms with Crippen molar-refractivity contribution in [3.8, 4) is 0 Å². The summed E-state index contributed by atoms with van der Waals surface area (Å²) in [6.07, 6.45) is 27.6. The van der Waals surface area contributed by atoms with Crippen molar-refractivity contribution in [2.45, 2.75) is 154 Å². The summed E-state index contributed by atoms with van der Waals surface area (Å²) in [5, 5.41) is 9.21. The second kappa shape index (κ2) is 21.1. The monoisotopic (exact) mass is 434 g/mol. The first-order valence-corrected chi connectivity index (χ1v) is 14.1. The van der Waals surface area contributed by atoms with Crippen molar-refractivity contribution in [3.05, 3.63) is 0 Å². The summed E-state index contributed by atoms with van der Waals surface area (Å²) in [7, 11) is -4.27. The van der Waals surface area contributed by atoms with E-state index in [9.17, 15) is 13.5 Å². The molecule has 0 amide bonds. The molecule has 0 rings (SSSR count). The molecule has 1 unspecified atom stereocenters. The molecule has 0 heterocycles. The lowest BCUT2D eigenvalue weighted by Crippen LogP contribution is -2.19. The molecule has 0 aliphatic heterocycles. The molecule has 0 bridgehead atoms. The molecule has 0 aliphatic rings. The molecule has 176 valence electrons. The molecule has 0 fully saturated rings. The number of aliphatic hydroxyl groups excluding tert-OH is 1. The van der Waals surface area contributed by atoms with E-state index in [1.54, 1.807) is 0 Å². The van der Waals surface area contributed by atoms with Crippen LogP contribution >= 0.6 is 0 Å². The van der Waals surface area contributed by atoms with Gasteiger partial charge in [0.05, 0.1) is 0 Å². The zero-order valence-electron chi connectivity index (χ0n) is 19.3. The Hall–Kier alpha value is -0.130. The first-order chi connectivity index (χ1) is 14.0. The van der Waals surface area contributed by atoms with Crippen LogP contribution in [0.15, 0.2) is 0 Å². The molecule has 0 aromatic heterocycles. The smallest absolute Gasteiger partial charge is 0.291 e. The van der Waals surface area contributed by atoms with Crippen molar-refractivity contribution in [2.75, 3.05) is 0 Å². The maximum absolute atomic E-state index is 10.7. The minimum Gasteiger partial charge on any atom is -0.375 e. The quantitative estimate of drug-likeness (QED) is 0.127. The summed E-state index contributed by atoms with van der Waals surface area (Å²) >= 11 is 0. The van der Waals surface area contributed by atoms with Gasteiger partial charge >= 0.3 is 0 Å². The van der Waals surface area contributed by atoms with Gasteiger partial charge in [-0.1, -0.05) is 135 Å². The molecule has 0 aliphatic carbocycles. The highest BCUT2D eigenvalue weighted by atomic mass is 32.2. The Kier molecular flexibility index (Phi) is 21.0. The molecular weight excluding hydrogens is 384 g/mol. The van der Waals surface area contributed by atoms with Gasteiger partial charge in [0, 0.05) is 0 Å². The number of hydrogen-bond acceptors (Lipinski definition) is 3. The number of hydrogen-bond donors (Lipinski definition) is 2. The summed E-state index contributed by atoms with van der Waals surface area (Å²) < 4.78 is 30.0. The lowest BCUT2D eigenvalue weighted by molar-refractivity contribution is 0.219. The molecule has 0 spiro atoms. The van der Waals surface area contributed by atoms with Crippen molar-refractivity contribution < 1.29 is 18.1 Å². The van der Waals surface area contributed by atoms with E-state index in [0.29, 0.717) is 6.42 Å². The number of aliphatic hydroxyl groups is 1. The molecule has 4 nitrogen and oxygen atoms in total. The third-order valence-corrected chi connectivity index (χ3v) is 6.82. The van der Waals surface area contributed by atoms with E-state index in [4.69, 9.17) is 4.55 Å². The van der Waals surface area contributed by atoms with Gasteiger partial charge in [0.15, 0.2) is 5.44 Å². The Balaban J connectivity index is 3.10. The largest absolute Gasteiger partial charge is 0.375 e. The van der Waals surface area contributed by atoms with Gasteiger partial charge in [-0.3, -0.25) is 4.55 Å². The normalized spacial score (nSPS) is 13.1. The Morgan fingerprint density at radius 1 is 0.517 bits per heavy atom. The van der Waals surface area contributed by atoms with Gasteiger partial charge in [0.2, 0.25) is 0 Å². The summed E-state index contributed by atoms with van der Waals surface area (Å²) in [4.78, 5) is 0. The van der Waals surface area contributed by atoms with Gasteiger partial charge < -0.3 is 5.11 Å². The third kappa shape index (κ3) is 22.4. The first kappa shape index (κ1) is 28.9. The Morgan fingerprint density at radius 2 is 0.759 bits per heavy atom. The van der Waals surface area contributed by atoms with Crippen LogP contribution in [0, 0.1) is 0 Å². The van der Waals surface area contributed by atoms with Crippen molar-refractivity contribution in [2.24, 2.45) is 0 Å². The number of rotatable bonds is 23. The Morgan fingerprint density at radius 3 is 1.00 bits per heavy atom. The van der Waals surface area contributed by atoms with Crippen LogP contribution in [0.4, 0.5) is 0 Å². The lowest BCUT2D eigenvalue weighted by Gasteiger charge is -2.06. The average Bonchev–Trinajstić information content (AvgIpc) is 2.68. The predicted octanol–water partition coefficient (Wildman–Crippen LogP) is 7.79. The van der Waals surface area contributed by atoms with Crippen LogP contribution in [0.3, 0.4) is 0 Å². The molecule has 0 aromatic rings. The van der Waals surface area contributed by atoms with Crippen molar-refractivity contribution in [3.63, 3.8) is 0 Å². The molecule has 0 saturated carbocycles. The maximum Gasteiger partial charge on any atom is 0.291 e. The third-order valence-electron chi connectivity index (χ3n) is 5.90. The van der Waals surface area contributed by atoms with E-state index in [2.05, 4.69) is 6.92 Å². The van der Waals surface area contributed by atoms with Gasteiger partial charge in [-0.2, -0.15) is 8.42 Å². The van der Waals surface area contributed by atoms with E-state index >= 15 is 0 Å². The fraction of sp³-hybridized carbons (Fsp3) is 1.00. The average molecular weight is 435 g/mol. The molecular formula is C24H50O4S. The van der Waals surface area contributed by atoms with Crippen LogP contribution in [-0.2, 0) is 10.1 Å². The number of unbranched alkanes of at least 4 members (excludes halogenated alkanes) is 20. The van der Waals surface area contributed by atoms with Gasteiger partial charge in [0.1, 0.15) is 0 Å². The van der Waals surface area contributed by atoms with Crippen molar-refractivity contribution in [1.29, 1.82) is 0 Å². The van der Waals surface area contributed by atoms with Crippen molar-refractivity contribution >= 4 is 10.1 Å². The zero-order chi connectivity index (χ0) is 21.6.